The molecule has 3 rings (SSSR count). The molecule has 0 amide bonds. The third-order valence-electron chi connectivity index (χ3n) is 4.64. The normalized spacial score (nSPS) is 15.2. The van der Waals surface area contributed by atoms with E-state index in [1.165, 1.54) is 32.1 Å². The minimum absolute atomic E-state index is 0.129. The highest BCUT2D eigenvalue weighted by Gasteiger charge is 2.18. The summed E-state index contributed by atoms with van der Waals surface area (Å²) in [6.45, 7) is 5.95. The number of anilines is 2. The van der Waals surface area contributed by atoms with E-state index in [2.05, 4.69) is 33.1 Å². The Hall–Kier alpha value is -1.89. The van der Waals surface area contributed by atoms with Gasteiger partial charge in [-0.3, -0.25) is 0 Å². The SMILES string of the molecule is CCCCCN(CCO)c1cc(N2CCCCC2)nc2cnnn12. The monoisotopic (exact) mass is 332 g/mol. The second kappa shape index (κ2) is 8.28. The number of hydrogen-bond donors (Lipinski definition) is 1. The molecule has 0 atom stereocenters. The Balaban J connectivity index is 1.92. The van der Waals surface area contributed by atoms with E-state index in [1.54, 1.807) is 10.7 Å². The summed E-state index contributed by atoms with van der Waals surface area (Å²) in [7, 11) is 0. The first-order chi connectivity index (χ1) is 11.8. The quantitative estimate of drug-likeness (QED) is 0.747. The molecule has 0 radical (unpaired) electrons. The summed E-state index contributed by atoms with van der Waals surface area (Å²) in [5.74, 6) is 1.97. The Morgan fingerprint density at radius 1 is 1.17 bits per heavy atom. The van der Waals surface area contributed by atoms with Crippen molar-refractivity contribution in [3.8, 4) is 0 Å². The second-order valence-electron chi connectivity index (χ2n) is 6.44. The maximum Gasteiger partial charge on any atom is 0.179 e. The molecule has 0 bridgehead atoms. The van der Waals surface area contributed by atoms with Gasteiger partial charge in [0.1, 0.15) is 11.6 Å². The van der Waals surface area contributed by atoms with Crippen LogP contribution in [0.1, 0.15) is 45.4 Å². The molecule has 7 nitrogen and oxygen atoms in total. The number of unbranched alkanes of at least 4 members (excludes halogenated alkanes) is 2. The maximum atomic E-state index is 9.48. The van der Waals surface area contributed by atoms with Crippen LogP contribution in [0.15, 0.2) is 12.3 Å². The van der Waals surface area contributed by atoms with E-state index < -0.39 is 0 Å². The van der Waals surface area contributed by atoms with Crippen LogP contribution in [0.2, 0.25) is 0 Å². The van der Waals surface area contributed by atoms with Crippen LogP contribution in [-0.4, -0.2) is 57.7 Å². The molecule has 0 saturated carbocycles. The zero-order chi connectivity index (χ0) is 16.8. The fraction of sp³-hybridized carbons (Fsp3) is 0.706. The summed E-state index contributed by atoms with van der Waals surface area (Å²) in [6.07, 6.45) is 8.92. The molecule has 1 aliphatic heterocycles. The number of aromatic nitrogens is 4. The van der Waals surface area contributed by atoms with E-state index in [0.717, 1.165) is 43.3 Å². The minimum atomic E-state index is 0.129. The molecule has 3 heterocycles. The van der Waals surface area contributed by atoms with E-state index in [9.17, 15) is 5.11 Å². The van der Waals surface area contributed by atoms with Crippen molar-refractivity contribution in [3.63, 3.8) is 0 Å². The summed E-state index contributed by atoms with van der Waals surface area (Å²) in [6, 6.07) is 2.11. The van der Waals surface area contributed by atoms with Gasteiger partial charge in [-0.25, -0.2) is 4.98 Å². The molecule has 132 valence electrons. The predicted octanol–water partition coefficient (Wildman–Crippen LogP) is 2.10. The average Bonchev–Trinajstić information content (AvgIpc) is 3.10. The largest absolute Gasteiger partial charge is 0.395 e. The third kappa shape index (κ3) is 3.77. The van der Waals surface area contributed by atoms with Crippen LogP contribution in [0.4, 0.5) is 11.6 Å². The lowest BCUT2D eigenvalue weighted by atomic mass is 10.1. The van der Waals surface area contributed by atoms with Crippen LogP contribution in [0.25, 0.3) is 5.65 Å². The van der Waals surface area contributed by atoms with Gasteiger partial charge in [-0.1, -0.05) is 25.0 Å². The summed E-state index contributed by atoms with van der Waals surface area (Å²) < 4.78 is 1.79. The van der Waals surface area contributed by atoms with Crippen LogP contribution in [-0.2, 0) is 0 Å². The fourth-order valence-electron chi connectivity index (χ4n) is 3.32. The van der Waals surface area contributed by atoms with Gasteiger partial charge in [0.15, 0.2) is 5.65 Å². The number of hydrogen-bond acceptors (Lipinski definition) is 6. The lowest BCUT2D eigenvalue weighted by Crippen LogP contribution is -2.33. The highest BCUT2D eigenvalue weighted by atomic mass is 16.3. The zero-order valence-electron chi connectivity index (χ0n) is 14.6. The van der Waals surface area contributed by atoms with Crippen molar-refractivity contribution >= 4 is 17.3 Å². The van der Waals surface area contributed by atoms with Crippen LogP contribution in [0.5, 0.6) is 0 Å². The molecular weight excluding hydrogens is 304 g/mol. The summed E-state index contributed by atoms with van der Waals surface area (Å²) >= 11 is 0. The smallest absolute Gasteiger partial charge is 0.179 e. The van der Waals surface area contributed by atoms with Gasteiger partial charge < -0.3 is 14.9 Å². The molecule has 2 aromatic rings. The van der Waals surface area contributed by atoms with E-state index in [-0.39, 0.29) is 6.61 Å². The van der Waals surface area contributed by atoms with Crippen molar-refractivity contribution in [2.45, 2.75) is 45.4 Å². The van der Waals surface area contributed by atoms with Gasteiger partial charge in [-0.15, -0.1) is 5.10 Å². The highest BCUT2D eigenvalue weighted by molar-refractivity contribution is 5.58. The van der Waals surface area contributed by atoms with Crippen molar-refractivity contribution in [3.05, 3.63) is 12.3 Å². The lowest BCUT2D eigenvalue weighted by Gasteiger charge is -2.30. The molecule has 1 saturated heterocycles. The number of rotatable bonds is 8. The first-order valence-electron chi connectivity index (χ1n) is 9.15. The molecule has 0 aliphatic carbocycles. The number of nitrogens with zero attached hydrogens (tertiary/aromatic N) is 6. The topological polar surface area (TPSA) is 69.8 Å². The Morgan fingerprint density at radius 2 is 2.00 bits per heavy atom. The van der Waals surface area contributed by atoms with Crippen molar-refractivity contribution in [2.24, 2.45) is 0 Å². The van der Waals surface area contributed by atoms with E-state index in [1.807, 2.05) is 0 Å². The van der Waals surface area contributed by atoms with E-state index >= 15 is 0 Å². The summed E-state index contributed by atoms with van der Waals surface area (Å²) in [5.41, 5.74) is 0.770. The first kappa shape index (κ1) is 17.0. The Morgan fingerprint density at radius 3 is 2.75 bits per heavy atom. The van der Waals surface area contributed by atoms with Crippen molar-refractivity contribution in [1.29, 1.82) is 0 Å². The molecule has 1 fully saturated rings. The summed E-state index contributed by atoms with van der Waals surface area (Å²) in [5, 5.41) is 17.7. The Labute approximate surface area is 143 Å². The van der Waals surface area contributed by atoms with Gasteiger partial charge in [-0.2, -0.15) is 4.52 Å². The van der Waals surface area contributed by atoms with Gasteiger partial charge in [0.25, 0.3) is 0 Å². The lowest BCUT2D eigenvalue weighted by molar-refractivity contribution is 0.301. The van der Waals surface area contributed by atoms with Crippen molar-refractivity contribution < 1.29 is 5.11 Å². The van der Waals surface area contributed by atoms with Crippen molar-refractivity contribution in [1.82, 2.24) is 19.8 Å². The molecule has 24 heavy (non-hydrogen) atoms. The highest BCUT2D eigenvalue weighted by Crippen LogP contribution is 2.24. The minimum Gasteiger partial charge on any atom is -0.395 e. The van der Waals surface area contributed by atoms with Gasteiger partial charge in [0, 0.05) is 32.2 Å². The third-order valence-corrected chi connectivity index (χ3v) is 4.64. The zero-order valence-corrected chi connectivity index (χ0v) is 14.6. The molecule has 7 heteroatoms. The fourth-order valence-corrected chi connectivity index (χ4v) is 3.32. The molecule has 0 spiro atoms. The van der Waals surface area contributed by atoms with Crippen LogP contribution in [0, 0.1) is 0 Å². The summed E-state index contributed by atoms with van der Waals surface area (Å²) in [4.78, 5) is 9.28. The molecule has 1 aliphatic rings. The Bertz CT molecular complexity index is 637. The first-order valence-corrected chi connectivity index (χ1v) is 9.15. The molecule has 0 unspecified atom stereocenters. The van der Waals surface area contributed by atoms with Gasteiger partial charge in [0.2, 0.25) is 0 Å². The van der Waals surface area contributed by atoms with Crippen LogP contribution < -0.4 is 9.80 Å². The Kier molecular flexibility index (Phi) is 5.85. The number of aliphatic hydroxyl groups excluding tert-OH is 1. The number of aliphatic hydroxyl groups is 1. The molecule has 0 aromatic carbocycles. The van der Waals surface area contributed by atoms with E-state index in [4.69, 9.17) is 4.98 Å². The predicted molar refractivity (Wildman–Crippen MR) is 95.7 cm³/mol. The van der Waals surface area contributed by atoms with Crippen LogP contribution in [0.3, 0.4) is 0 Å². The van der Waals surface area contributed by atoms with Crippen molar-refractivity contribution in [2.75, 3.05) is 42.6 Å². The van der Waals surface area contributed by atoms with E-state index in [0.29, 0.717) is 6.54 Å². The maximum absolute atomic E-state index is 9.48. The van der Waals surface area contributed by atoms with Crippen LogP contribution >= 0.6 is 0 Å². The standard InChI is InChI=1S/C17H28N6O/c1-2-3-5-10-22(11-12-24)17-13-15(21-8-6-4-7-9-21)19-16-14-18-20-23(16)17/h13-14,24H,2-12H2,1H3. The molecular formula is C17H28N6O. The molecule has 1 N–H and O–H groups in total. The van der Waals surface area contributed by atoms with Gasteiger partial charge in [0.05, 0.1) is 12.8 Å². The van der Waals surface area contributed by atoms with Gasteiger partial charge >= 0.3 is 0 Å². The second-order valence-corrected chi connectivity index (χ2v) is 6.44. The average molecular weight is 332 g/mol. The van der Waals surface area contributed by atoms with Gasteiger partial charge in [-0.05, 0) is 25.7 Å². The number of piperidine rings is 1. The number of fused-ring (bicyclic) bond motifs is 1. The molecule has 2 aromatic heterocycles.